The molecule has 0 aliphatic heterocycles. The molecule has 0 aliphatic rings. The average molecular weight is 670 g/mol. The van der Waals surface area contributed by atoms with Gasteiger partial charge in [0.15, 0.2) is 11.2 Å². The zero-order valence-corrected chi connectivity index (χ0v) is 28.2. The number of alkyl halides is 1. The number of pyridine rings is 3. The number of hydrogen-bond acceptors (Lipinski definition) is 6. The molecule has 0 spiro atoms. The summed E-state index contributed by atoms with van der Waals surface area (Å²) in [5.74, 6) is -0.132. The van der Waals surface area contributed by atoms with Gasteiger partial charge in [0.1, 0.15) is 17.4 Å². The van der Waals surface area contributed by atoms with Crippen molar-refractivity contribution in [3.8, 4) is 22.7 Å². The smallest absolute Gasteiger partial charge is 0.407 e. The molecule has 1 amide bonds. The molecule has 10 nitrogen and oxygen atoms in total. The van der Waals surface area contributed by atoms with E-state index < -0.39 is 23.0 Å². The van der Waals surface area contributed by atoms with E-state index in [-0.39, 0.29) is 58.1 Å². The van der Waals surface area contributed by atoms with Gasteiger partial charge in [-0.2, -0.15) is 0 Å². The topological polar surface area (TPSA) is 115 Å². The number of aryl methyl sites for hydroxylation is 1. The normalized spacial score (nSPS) is 12.0. The predicted octanol–water partition coefficient (Wildman–Crippen LogP) is 7.55. The van der Waals surface area contributed by atoms with Gasteiger partial charge in [0.05, 0.1) is 46.2 Å². The highest BCUT2D eigenvalue weighted by Gasteiger charge is 2.29. The van der Waals surface area contributed by atoms with Crippen LogP contribution in [0.3, 0.4) is 0 Å². The quantitative estimate of drug-likeness (QED) is 0.170. The maximum absolute atomic E-state index is 15.4. The summed E-state index contributed by atoms with van der Waals surface area (Å²) in [5.41, 5.74) is 1.58. The molecule has 46 heavy (non-hydrogen) atoms. The first kappa shape index (κ1) is 33.2. The predicted molar refractivity (Wildman–Crippen MR) is 178 cm³/mol. The van der Waals surface area contributed by atoms with Gasteiger partial charge in [-0.3, -0.25) is 14.3 Å². The number of benzene rings is 1. The minimum Gasteiger partial charge on any atom is -0.496 e. The van der Waals surface area contributed by atoms with E-state index in [2.05, 4.69) is 9.97 Å². The van der Waals surface area contributed by atoms with Crippen LogP contribution in [-0.2, 0) is 12.4 Å². The number of hydrogen-bond donors (Lipinski definition) is 1. The van der Waals surface area contributed by atoms with Crippen LogP contribution in [-0.4, -0.2) is 59.4 Å². The molecule has 4 aromatic heterocycles. The van der Waals surface area contributed by atoms with Gasteiger partial charge in [-0.1, -0.05) is 31.5 Å². The van der Waals surface area contributed by atoms with E-state index in [9.17, 15) is 14.7 Å². The molecule has 0 saturated heterocycles. The largest absolute Gasteiger partial charge is 0.496 e. The number of nitrogens with zero attached hydrogens (tertiary/aromatic N) is 6. The Balaban J connectivity index is 1.95. The number of amides is 1. The third-order valence-corrected chi connectivity index (χ3v) is 8.47. The highest BCUT2D eigenvalue weighted by molar-refractivity contribution is 6.34. The van der Waals surface area contributed by atoms with Crippen LogP contribution in [0.2, 0.25) is 5.02 Å². The van der Waals surface area contributed by atoms with Gasteiger partial charge in [-0.15, -0.1) is 11.6 Å². The lowest BCUT2D eigenvalue weighted by molar-refractivity contribution is 0.0979. The number of ether oxygens (including phenoxy) is 1. The zero-order chi connectivity index (χ0) is 33.7. The van der Waals surface area contributed by atoms with Gasteiger partial charge < -0.3 is 19.3 Å². The summed E-state index contributed by atoms with van der Waals surface area (Å²) >= 11 is 13.3. The summed E-state index contributed by atoms with van der Waals surface area (Å²) in [7, 11) is 1.42. The molecule has 5 rings (SSSR count). The van der Waals surface area contributed by atoms with Gasteiger partial charge >= 0.3 is 6.09 Å². The van der Waals surface area contributed by atoms with Crippen molar-refractivity contribution in [2.45, 2.75) is 65.4 Å². The van der Waals surface area contributed by atoms with Crippen LogP contribution in [0.1, 0.15) is 57.6 Å². The lowest BCUT2D eigenvalue weighted by Gasteiger charge is -2.33. The maximum Gasteiger partial charge on any atom is 0.407 e. The molecule has 1 aromatic carbocycles. The molecule has 0 fully saturated rings. The van der Waals surface area contributed by atoms with Crippen molar-refractivity contribution in [2.75, 3.05) is 13.7 Å². The molecule has 0 bridgehead atoms. The van der Waals surface area contributed by atoms with Crippen LogP contribution in [0.25, 0.3) is 39.0 Å². The van der Waals surface area contributed by atoms with E-state index in [1.54, 1.807) is 49.7 Å². The average Bonchev–Trinajstić information content (AvgIpc) is 3.36. The number of rotatable bonds is 8. The fourth-order valence-corrected chi connectivity index (χ4v) is 6.23. The van der Waals surface area contributed by atoms with Crippen molar-refractivity contribution < 1.29 is 19.0 Å². The molecule has 0 unspecified atom stereocenters. The van der Waals surface area contributed by atoms with Crippen molar-refractivity contribution in [1.29, 1.82) is 0 Å². The van der Waals surface area contributed by atoms with Crippen molar-refractivity contribution >= 4 is 51.4 Å². The summed E-state index contributed by atoms with van der Waals surface area (Å²) in [6.45, 7) is 11.4. The molecule has 13 heteroatoms. The van der Waals surface area contributed by atoms with E-state index in [1.807, 2.05) is 20.8 Å². The van der Waals surface area contributed by atoms with E-state index in [4.69, 9.17) is 32.9 Å². The summed E-state index contributed by atoms with van der Waals surface area (Å²) in [6, 6.07) is 7.83. The molecule has 4 heterocycles. The number of halogens is 3. The monoisotopic (exact) mass is 668 g/mol. The Kier molecular flexibility index (Phi) is 9.03. The lowest BCUT2D eigenvalue weighted by Crippen LogP contribution is -2.46. The molecule has 5 aromatic rings. The van der Waals surface area contributed by atoms with Gasteiger partial charge in [-0.05, 0) is 63.4 Å². The fraction of sp³-hybridized carbons (Fsp3) is 0.364. The maximum atomic E-state index is 15.4. The molecule has 0 atom stereocenters. The third kappa shape index (κ3) is 5.66. The Labute approximate surface area is 275 Å². The van der Waals surface area contributed by atoms with Gasteiger partial charge in [0, 0.05) is 30.2 Å². The van der Waals surface area contributed by atoms with Crippen LogP contribution in [0, 0.1) is 12.7 Å². The number of methoxy groups -OCH3 is 1. The Hall–Kier alpha value is -4.22. The molecular formula is C33H35Cl2FN6O4. The van der Waals surface area contributed by atoms with Gasteiger partial charge in [-0.25, -0.2) is 19.2 Å². The molecule has 242 valence electrons. The lowest BCUT2D eigenvalue weighted by atomic mass is 10.0. The second-order valence-electron chi connectivity index (χ2n) is 12.3. The number of carbonyl (C=O) groups is 1. The van der Waals surface area contributed by atoms with Crippen LogP contribution in [0.5, 0.6) is 5.75 Å². The van der Waals surface area contributed by atoms with Crippen molar-refractivity contribution in [3.05, 3.63) is 74.8 Å². The number of aromatic nitrogens is 5. The summed E-state index contributed by atoms with van der Waals surface area (Å²) in [5, 5.41) is 10.5. The highest BCUT2D eigenvalue weighted by Crippen LogP contribution is 2.39. The summed E-state index contributed by atoms with van der Waals surface area (Å²) in [4.78, 5) is 42.2. The van der Waals surface area contributed by atoms with Crippen molar-refractivity contribution in [2.24, 2.45) is 0 Å². The Morgan fingerprint density at radius 1 is 1.20 bits per heavy atom. The number of fused-ring (bicyclic) bond motifs is 3. The third-order valence-electron chi connectivity index (χ3n) is 7.94. The first-order valence-electron chi connectivity index (χ1n) is 14.7. The minimum atomic E-state index is -1.09. The standard InChI is InChI=1S/C33H35Cl2FN6O4/c1-17(2)25-28(18(3)11-12-37-25)42-30-19(15-20(35)26(39-30)24-21(36)9-8-10-22(24)46-7)29-27(31(42)43)38-23(16-34)40(29)13-14-41(32(44)45)33(4,5)6/h8-12,15,17H,13-14,16H2,1-7H3,(H,44,45). The molecule has 0 saturated carbocycles. The Morgan fingerprint density at radius 2 is 1.91 bits per heavy atom. The summed E-state index contributed by atoms with van der Waals surface area (Å²) < 4.78 is 24.1. The van der Waals surface area contributed by atoms with E-state index in [0.29, 0.717) is 28.1 Å². The van der Waals surface area contributed by atoms with E-state index >= 15 is 4.39 Å². The van der Waals surface area contributed by atoms with Crippen molar-refractivity contribution in [1.82, 2.24) is 29.0 Å². The van der Waals surface area contributed by atoms with Crippen LogP contribution < -0.4 is 10.3 Å². The van der Waals surface area contributed by atoms with E-state index in [1.165, 1.54) is 28.7 Å². The van der Waals surface area contributed by atoms with Crippen LogP contribution in [0.4, 0.5) is 9.18 Å². The van der Waals surface area contributed by atoms with Crippen LogP contribution in [0.15, 0.2) is 41.3 Å². The molecular weight excluding hydrogens is 634 g/mol. The van der Waals surface area contributed by atoms with Gasteiger partial charge in [0.25, 0.3) is 5.56 Å². The molecule has 0 radical (unpaired) electrons. The fourth-order valence-electron chi connectivity index (χ4n) is 5.78. The van der Waals surface area contributed by atoms with Gasteiger partial charge in [0.2, 0.25) is 0 Å². The number of imidazole rings is 1. The minimum absolute atomic E-state index is 0.0419. The van der Waals surface area contributed by atoms with Crippen LogP contribution >= 0.6 is 23.2 Å². The number of carboxylic acid groups (broad SMARTS) is 1. The first-order chi connectivity index (χ1) is 21.7. The Bertz CT molecular complexity index is 2050. The highest BCUT2D eigenvalue weighted by atomic mass is 35.5. The van der Waals surface area contributed by atoms with Crippen molar-refractivity contribution in [3.63, 3.8) is 0 Å². The SMILES string of the molecule is COc1cccc(F)c1-c1nc2c(cc1Cl)c1c(nc(CCl)n1CCN(C(=O)O)C(C)(C)C)c(=O)n2-c1c(C)ccnc1C(C)C. The second-order valence-corrected chi connectivity index (χ2v) is 13.0. The molecule has 0 aliphatic carbocycles. The Morgan fingerprint density at radius 3 is 2.52 bits per heavy atom. The second kappa shape index (κ2) is 12.5. The first-order valence-corrected chi connectivity index (χ1v) is 15.6. The molecule has 1 N–H and O–H groups in total. The van der Waals surface area contributed by atoms with E-state index in [0.717, 1.165) is 5.56 Å². The zero-order valence-electron chi connectivity index (χ0n) is 26.7. The summed E-state index contributed by atoms with van der Waals surface area (Å²) in [6.07, 6.45) is 0.599.